The topological polar surface area (TPSA) is 95.0 Å². The Morgan fingerprint density at radius 3 is 2.44 bits per heavy atom. The zero-order chi connectivity index (χ0) is 18.2. The lowest BCUT2D eigenvalue weighted by molar-refractivity contribution is 0.598. The molecule has 1 aromatic heterocycles. The molecule has 0 unspecified atom stereocenters. The second-order valence-electron chi connectivity index (χ2n) is 5.62. The molecule has 25 heavy (non-hydrogen) atoms. The van der Waals surface area contributed by atoms with Gasteiger partial charge in [0.2, 0.25) is 10.0 Å². The number of benzene rings is 2. The molecule has 0 aliphatic heterocycles. The van der Waals surface area contributed by atoms with E-state index in [9.17, 15) is 13.2 Å². The predicted octanol–water partition coefficient (Wildman–Crippen LogP) is 2.75. The molecule has 1 heterocycles. The maximum atomic E-state index is 13.0. The molecule has 0 saturated heterocycles. The number of rotatable bonds is 4. The molecule has 0 atom stereocenters. The number of aromatic nitrogens is 2. The van der Waals surface area contributed by atoms with Crippen molar-refractivity contribution >= 4 is 36.9 Å². The van der Waals surface area contributed by atoms with Gasteiger partial charge in [-0.2, -0.15) is 0 Å². The molecular weight excluding hydrogens is 406 g/mol. The highest BCUT2D eigenvalue weighted by molar-refractivity contribution is 9.10. The minimum atomic E-state index is -3.78. The van der Waals surface area contributed by atoms with Crippen LogP contribution in [0.1, 0.15) is 19.2 Å². The molecule has 0 bridgehead atoms. The Morgan fingerprint density at radius 2 is 1.84 bits per heavy atom. The van der Waals surface area contributed by atoms with E-state index in [-0.39, 0.29) is 10.5 Å². The fourth-order valence-electron chi connectivity index (χ4n) is 2.65. The van der Waals surface area contributed by atoms with Gasteiger partial charge in [0.15, 0.2) is 0 Å². The third kappa shape index (κ3) is 3.51. The van der Waals surface area contributed by atoms with E-state index in [0.29, 0.717) is 28.8 Å². The summed E-state index contributed by atoms with van der Waals surface area (Å²) in [5.74, 6) is 0.630. The van der Waals surface area contributed by atoms with Gasteiger partial charge in [0.25, 0.3) is 5.56 Å². The van der Waals surface area contributed by atoms with Crippen molar-refractivity contribution in [2.75, 3.05) is 0 Å². The van der Waals surface area contributed by atoms with E-state index in [2.05, 4.69) is 20.9 Å². The zero-order valence-electron chi connectivity index (χ0n) is 13.4. The lowest BCUT2D eigenvalue weighted by Gasteiger charge is -2.13. The third-order valence-electron chi connectivity index (χ3n) is 3.80. The summed E-state index contributed by atoms with van der Waals surface area (Å²) in [6.07, 6.45) is 1.45. The van der Waals surface area contributed by atoms with Crippen molar-refractivity contribution < 1.29 is 8.42 Å². The van der Waals surface area contributed by atoms with Crippen molar-refractivity contribution in [3.63, 3.8) is 0 Å². The summed E-state index contributed by atoms with van der Waals surface area (Å²) in [7, 11) is -3.78. The molecule has 130 valence electrons. The summed E-state index contributed by atoms with van der Waals surface area (Å²) in [4.78, 5) is 17.6. The van der Waals surface area contributed by atoms with Crippen LogP contribution in [0.15, 0.2) is 56.6 Å². The van der Waals surface area contributed by atoms with Gasteiger partial charge in [0.1, 0.15) is 5.82 Å². The van der Waals surface area contributed by atoms with Crippen LogP contribution in [0.5, 0.6) is 0 Å². The average Bonchev–Trinajstić information content (AvgIpc) is 2.56. The molecule has 8 heteroatoms. The summed E-state index contributed by atoms with van der Waals surface area (Å²) in [5, 5.41) is 5.62. The Hall–Kier alpha value is -2.03. The quantitative estimate of drug-likeness (QED) is 0.700. The van der Waals surface area contributed by atoms with E-state index in [1.807, 2.05) is 13.0 Å². The minimum Gasteiger partial charge on any atom is -0.268 e. The largest absolute Gasteiger partial charge is 0.268 e. The van der Waals surface area contributed by atoms with E-state index in [1.165, 1.54) is 16.7 Å². The molecule has 0 aliphatic carbocycles. The van der Waals surface area contributed by atoms with Crippen molar-refractivity contribution in [2.24, 2.45) is 5.14 Å². The van der Waals surface area contributed by atoms with Gasteiger partial charge in [-0.05, 0) is 48.9 Å². The highest BCUT2D eigenvalue weighted by Gasteiger charge is 2.14. The van der Waals surface area contributed by atoms with Crippen molar-refractivity contribution in [3.8, 4) is 5.69 Å². The summed E-state index contributed by atoms with van der Waals surface area (Å²) < 4.78 is 25.2. The number of hydrogen-bond acceptors (Lipinski definition) is 4. The summed E-state index contributed by atoms with van der Waals surface area (Å²) in [6.45, 7) is 2.01. The van der Waals surface area contributed by atoms with Crippen molar-refractivity contribution in [1.82, 2.24) is 9.55 Å². The number of aryl methyl sites for hydroxylation is 1. The van der Waals surface area contributed by atoms with Crippen LogP contribution in [0.3, 0.4) is 0 Å². The molecule has 0 fully saturated rings. The first-order chi connectivity index (χ1) is 11.8. The molecular formula is C17H16BrN3O3S. The van der Waals surface area contributed by atoms with Crippen LogP contribution in [0.4, 0.5) is 0 Å². The molecule has 0 aliphatic rings. The fourth-order valence-corrected chi connectivity index (χ4v) is 3.52. The smallest absolute Gasteiger partial charge is 0.266 e. The number of primary sulfonamides is 1. The number of nitrogens with zero attached hydrogens (tertiary/aromatic N) is 2. The average molecular weight is 422 g/mol. The third-order valence-corrected chi connectivity index (χ3v) is 5.22. The Labute approximate surface area is 153 Å². The first-order valence-electron chi connectivity index (χ1n) is 7.65. The number of sulfonamides is 1. The Kier molecular flexibility index (Phi) is 4.77. The molecule has 0 saturated carbocycles. The highest BCUT2D eigenvalue weighted by Crippen LogP contribution is 2.19. The Balaban J connectivity index is 2.28. The highest BCUT2D eigenvalue weighted by atomic mass is 79.9. The molecule has 0 spiro atoms. The number of hydrogen-bond donors (Lipinski definition) is 1. The summed E-state index contributed by atoms with van der Waals surface area (Å²) in [6, 6.07) is 11.3. The van der Waals surface area contributed by atoms with Gasteiger partial charge in [-0.1, -0.05) is 22.9 Å². The van der Waals surface area contributed by atoms with Gasteiger partial charge in [-0.25, -0.2) is 18.5 Å². The van der Waals surface area contributed by atoms with Gasteiger partial charge < -0.3 is 0 Å². The van der Waals surface area contributed by atoms with Crippen molar-refractivity contribution in [1.29, 1.82) is 0 Å². The molecule has 0 amide bonds. The van der Waals surface area contributed by atoms with Crippen LogP contribution in [-0.2, 0) is 16.4 Å². The van der Waals surface area contributed by atoms with Crippen LogP contribution in [0.2, 0.25) is 0 Å². The lowest BCUT2D eigenvalue weighted by Crippen LogP contribution is -2.24. The van der Waals surface area contributed by atoms with Crippen LogP contribution in [0, 0.1) is 0 Å². The van der Waals surface area contributed by atoms with E-state index in [4.69, 9.17) is 5.14 Å². The van der Waals surface area contributed by atoms with Crippen LogP contribution < -0.4 is 10.7 Å². The zero-order valence-corrected chi connectivity index (χ0v) is 15.8. The standard InChI is InChI=1S/C17H16BrN3O3S/c1-2-3-16-20-15-9-4-11(18)10-14(15)17(22)21(16)12-5-7-13(8-6-12)25(19,23)24/h4-10H,2-3H2,1H3,(H2,19,23,24). The van der Waals surface area contributed by atoms with Gasteiger partial charge >= 0.3 is 0 Å². The fraction of sp³-hybridized carbons (Fsp3) is 0.176. The van der Waals surface area contributed by atoms with Crippen molar-refractivity contribution in [2.45, 2.75) is 24.7 Å². The molecule has 3 aromatic rings. The second kappa shape index (κ2) is 6.70. The Bertz CT molecular complexity index is 1110. The van der Waals surface area contributed by atoms with Crippen LogP contribution in [-0.4, -0.2) is 18.0 Å². The van der Waals surface area contributed by atoms with Crippen LogP contribution in [0.25, 0.3) is 16.6 Å². The van der Waals surface area contributed by atoms with E-state index < -0.39 is 10.0 Å². The SMILES string of the molecule is CCCc1nc2ccc(Br)cc2c(=O)n1-c1ccc(S(N)(=O)=O)cc1. The van der Waals surface area contributed by atoms with Crippen LogP contribution >= 0.6 is 15.9 Å². The lowest BCUT2D eigenvalue weighted by atomic mass is 10.2. The number of nitrogens with two attached hydrogens (primary N) is 1. The normalized spacial score (nSPS) is 11.8. The molecule has 2 N–H and O–H groups in total. The van der Waals surface area contributed by atoms with Crippen molar-refractivity contribution in [3.05, 3.63) is 63.1 Å². The molecule has 3 rings (SSSR count). The second-order valence-corrected chi connectivity index (χ2v) is 8.10. The maximum Gasteiger partial charge on any atom is 0.266 e. The van der Waals surface area contributed by atoms with Gasteiger partial charge in [-0.3, -0.25) is 9.36 Å². The van der Waals surface area contributed by atoms with E-state index in [0.717, 1.165) is 10.9 Å². The molecule has 0 radical (unpaired) electrons. The maximum absolute atomic E-state index is 13.0. The Morgan fingerprint density at radius 1 is 1.16 bits per heavy atom. The first kappa shape index (κ1) is 17.8. The van der Waals surface area contributed by atoms with Gasteiger partial charge in [-0.15, -0.1) is 0 Å². The minimum absolute atomic E-state index is 0.00201. The predicted molar refractivity (Wildman–Crippen MR) is 100 cm³/mol. The molecule has 2 aromatic carbocycles. The summed E-state index contributed by atoms with van der Waals surface area (Å²) in [5.41, 5.74) is 0.988. The summed E-state index contributed by atoms with van der Waals surface area (Å²) >= 11 is 3.37. The van der Waals surface area contributed by atoms with Gasteiger partial charge in [0, 0.05) is 10.9 Å². The number of fused-ring (bicyclic) bond motifs is 1. The monoisotopic (exact) mass is 421 g/mol. The molecule has 6 nitrogen and oxygen atoms in total. The number of halogens is 1. The van der Waals surface area contributed by atoms with E-state index in [1.54, 1.807) is 24.3 Å². The van der Waals surface area contributed by atoms with E-state index >= 15 is 0 Å². The van der Waals surface area contributed by atoms with Gasteiger partial charge in [0.05, 0.1) is 21.5 Å². The first-order valence-corrected chi connectivity index (χ1v) is 9.99.